The van der Waals surface area contributed by atoms with Crippen LogP contribution in [0.5, 0.6) is 5.75 Å². The third kappa shape index (κ3) is 3.93. The second kappa shape index (κ2) is 7.29. The van der Waals surface area contributed by atoms with Crippen LogP contribution in [0, 0.1) is 15.9 Å². The van der Waals surface area contributed by atoms with E-state index in [1.165, 1.54) is 30.3 Å². The largest absolute Gasteiger partial charge is 0.484 e. The summed E-state index contributed by atoms with van der Waals surface area (Å²) >= 11 is 0. The Bertz CT molecular complexity index is 779. The molecule has 7 heteroatoms. The Morgan fingerprint density at radius 1 is 1.28 bits per heavy atom. The number of benzene rings is 2. The van der Waals surface area contributed by atoms with E-state index in [0.29, 0.717) is 6.54 Å². The minimum Gasteiger partial charge on any atom is -0.484 e. The lowest BCUT2D eigenvalue weighted by Gasteiger charge is -2.25. The number of ether oxygens (including phenoxy) is 1. The lowest BCUT2D eigenvalue weighted by atomic mass is 10.0. The van der Waals surface area contributed by atoms with E-state index in [0.717, 1.165) is 18.4 Å². The Balaban J connectivity index is 1.65. The number of hydrogen-bond acceptors (Lipinski definition) is 4. The van der Waals surface area contributed by atoms with Gasteiger partial charge in [0, 0.05) is 12.6 Å². The van der Waals surface area contributed by atoms with Gasteiger partial charge in [0.15, 0.2) is 6.61 Å². The molecule has 1 heterocycles. The quantitative estimate of drug-likeness (QED) is 0.615. The van der Waals surface area contributed by atoms with E-state index in [4.69, 9.17) is 4.74 Å². The number of nitro benzene ring substituents is 1. The highest BCUT2D eigenvalue weighted by molar-refractivity contribution is 5.78. The van der Waals surface area contributed by atoms with Crippen molar-refractivity contribution in [3.63, 3.8) is 0 Å². The van der Waals surface area contributed by atoms with Crippen molar-refractivity contribution in [3.05, 3.63) is 70.0 Å². The van der Waals surface area contributed by atoms with Crippen molar-refractivity contribution in [2.75, 3.05) is 13.2 Å². The first-order valence-electron chi connectivity index (χ1n) is 7.97. The van der Waals surface area contributed by atoms with Crippen molar-refractivity contribution >= 4 is 11.6 Å². The predicted molar refractivity (Wildman–Crippen MR) is 88.7 cm³/mol. The van der Waals surface area contributed by atoms with Gasteiger partial charge in [-0.3, -0.25) is 14.9 Å². The molecule has 1 atom stereocenters. The molecule has 1 aliphatic heterocycles. The molecule has 6 nitrogen and oxygen atoms in total. The summed E-state index contributed by atoms with van der Waals surface area (Å²) in [6.07, 6.45) is 1.68. The monoisotopic (exact) mass is 344 g/mol. The van der Waals surface area contributed by atoms with Crippen LogP contribution in [0.4, 0.5) is 10.1 Å². The highest BCUT2D eigenvalue weighted by Crippen LogP contribution is 2.32. The molecular formula is C18H17FN2O4. The number of halogens is 1. The van der Waals surface area contributed by atoms with Crippen LogP contribution < -0.4 is 4.74 Å². The summed E-state index contributed by atoms with van der Waals surface area (Å²) in [6, 6.07) is 11.8. The van der Waals surface area contributed by atoms with Gasteiger partial charge in [0.05, 0.1) is 17.0 Å². The normalized spacial score (nSPS) is 16.7. The van der Waals surface area contributed by atoms with Crippen molar-refractivity contribution in [3.8, 4) is 5.75 Å². The molecule has 0 bridgehead atoms. The Labute approximate surface area is 144 Å². The molecule has 3 rings (SSSR count). The lowest BCUT2D eigenvalue weighted by molar-refractivity contribution is -0.384. The molecule has 1 fully saturated rings. The van der Waals surface area contributed by atoms with Crippen molar-refractivity contribution in [2.45, 2.75) is 18.9 Å². The number of rotatable bonds is 5. The molecule has 2 aromatic rings. The van der Waals surface area contributed by atoms with Gasteiger partial charge in [-0.15, -0.1) is 0 Å². The van der Waals surface area contributed by atoms with Gasteiger partial charge < -0.3 is 9.64 Å². The Morgan fingerprint density at radius 3 is 2.76 bits per heavy atom. The highest BCUT2D eigenvalue weighted by atomic mass is 19.1. The summed E-state index contributed by atoms with van der Waals surface area (Å²) in [4.78, 5) is 24.5. The SMILES string of the molecule is O=C(COc1cccc([N+](=O)[O-])c1)N1CCCC1c1ccc(F)cc1. The topological polar surface area (TPSA) is 72.7 Å². The molecule has 2 aromatic carbocycles. The summed E-state index contributed by atoms with van der Waals surface area (Å²) in [5.74, 6) is -0.230. The van der Waals surface area contributed by atoms with E-state index in [1.54, 1.807) is 23.1 Å². The first-order valence-corrected chi connectivity index (χ1v) is 7.97. The molecular weight excluding hydrogens is 327 g/mol. The summed E-state index contributed by atoms with van der Waals surface area (Å²) in [6.45, 7) is 0.415. The standard InChI is InChI=1S/C18H17FN2O4/c19-14-8-6-13(7-9-14)17-5-2-10-20(17)18(22)12-25-16-4-1-3-15(11-16)21(23)24/h1,3-4,6-9,11,17H,2,5,10,12H2. The number of nitrogens with zero attached hydrogens (tertiary/aromatic N) is 2. The van der Waals surface area contributed by atoms with E-state index in [9.17, 15) is 19.3 Å². The second-order valence-electron chi connectivity index (χ2n) is 5.84. The summed E-state index contributed by atoms with van der Waals surface area (Å²) in [5.41, 5.74) is 0.804. The molecule has 25 heavy (non-hydrogen) atoms. The fourth-order valence-corrected chi connectivity index (χ4v) is 3.01. The first-order chi connectivity index (χ1) is 12.0. The van der Waals surface area contributed by atoms with Crippen molar-refractivity contribution < 1.29 is 18.8 Å². The molecule has 0 aliphatic carbocycles. The van der Waals surface area contributed by atoms with Crippen LogP contribution in [-0.2, 0) is 4.79 Å². The Kier molecular flexibility index (Phi) is 4.92. The molecule has 0 saturated carbocycles. The van der Waals surface area contributed by atoms with Crippen LogP contribution in [0.15, 0.2) is 48.5 Å². The fourth-order valence-electron chi connectivity index (χ4n) is 3.01. The summed E-state index contributed by atoms with van der Waals surface area (Å²) in [7, 11) is 0. The lowest BCUT2D eigenvalue weighted by Crippen LogP contribution is -2.34. The smallest absolute Gasteiger partial charge is 0.273 e. The average molecular weight is 344 g/mol. The Hall–Kier alpha value is -2.96. The van der Waals surface area contributed by atoms with Crippen LogP contribution >= 0.6 is 0 Å². The fraction of sp³-hybridized carbons (Fsp3) is 0.278. The molecule has 0 N–H and O–H groups in total. The maximum absolute atomic E-state index is 13.1. The van der Waals surface area contributed by atoms with E-state index in [2.05, 4.69) is 0 Å². The van der Waals surface area contributed by atoms with Crippen LogP contribution in [-0.4, -0.2) is 28.9 Å². The number of nitro groups is 1. The van der Waals surface area contributed by atoms with Gasteiger partial charge in [0.1, 0.15) is 11.6 Å². The van der Waals surface area contributed by atoms with Gasteiger partial charge in [-0.2, -0.15) is 0 Å². The zero-order chi connectivity index (χ0) is 17.8. The van der Waals surface area contributed by atoms with Crippen LogP contribution in [0.2, 0.25) is 0 Å². The maximum Gasteiger partial charge on any atom is 0.273 e. The summed E-state index contributed by atoms with van der Waals surface area (Å²) < 4.78 is 18.5. The van der Waals surface area contributed by atoms with Gasteiger partial charge in [0.2, 0.25) is 0 Å². The number of hydrogen-bond donors (Lipinski definition) is 0. The van der Waals surface area contributed by atoms with Crippen LogP contribution in [0.25, 0.3) is 0 Å². The Morgan fingerprint density at radius 2 is 2.04 bits per heavy atom. The predicted octanol–water partition coefficient (Wildman–Crippen LogP) is 3.48. The highest BCUT2D eigenvalue weighted by Gasteiger charge is 2.30. The van der Waals surface area contributed by atoms with Gasteiger partial charge >= 0.3 is 0 Å². The number of carbonyl (C=O) groups excluding carboxylic acids is 1. The molecule has 1 saturated heterocycles. The van der Waals surface area contributed by atoms with E-state index >= 15 is 0 Å². The van der Waals surface area contributed by atoms with Gasteiger partial charge in [-0.25, -0.2) is 4.39 Å². The number of likely N-dealkylation sites (tertiary alicyclic amines) is 1. The molecule has 130 valence electrons. The van der Waals surface area contributed by atoms with Gasteiger partial charge in [-0.05, 0) is 36.6 Å². The van der Waals surface area contributed by atoms with Crippen LogP contribution in [0.3, 0.4) is 0 Å². The minimum atomic E-state index is -0.514. The third-order valence-corrected chi connectivity index (χ3v) is 4.22. The van der Waals surface area contributed by atoms with Crippen molar-refractivity contribution in [1.29, 1.82) is 0 Å². The van der Waals surface area contributed by atoms with Crippen molar-refractivity contribution in [2.24, 2.45) is 0 Å². The molecule has 0 spiro atoms. The zero-order valence-corrected chi connectivity index (χ0v) is 13.4. The third-order valence-electron chi connectivity index (χ3n) is 4.22. The van der Waals surface area contributed by atoms with E-state index in [1.807, 2.05) is 0 Å². The number of carbonyl (C=O) groups is 1. The van der Waals surface area contributed by atoms with Gasteiger partial charge in [-0.1, -0.05) is 18.2 Å². The minimum absolute atomic E-state index is 0.0877. The molecule has 0 radical (unpaired) electrons. The number of non-ortho nitro benzene ring substituents is 1. The maximum atomic E-state index is 13.1. The van der Waals surface area contributed by atoms with E-state index in [-0.39, 0.29) is 35.8 Å². The molecule has 0 aromatic heterocycles. The average Bonchev–Trinajstić information content (AvgIpc) is 3.10. The second-order valence-corrected chi connectivity index (χ2v) is 5.84. The number of amides is 1. The van der Waals surface area contributed by atoms with Crippen LogP contribution in [0.1, 0.15) is 24.4 Å². The van der Waals surface area contributed by atoms with Crippen molar-refractivity contribution in [1.82, 2.24) is 4.90 Å². The molecule has 1 amide bonds. The summed E-state index contributed by atoms with van der Waals surface area (Å²) in [5, 5.41) is 10.8. The molecule has 1 unspecified atom stereocenters. The zero-order valence-electron chi connectivity index (χ0n) is 13.4. The van der Waals surface area contributed by atoms with Gasteiger partial charge in [0.25, 0.3) is 11.6 Å². The van der Waals surface area contributed by atoms with E-state index < -0.39 is 4.92 Å². The molecule has 1 aliphatic rings. The first kappa shape index (κ1) is 16.9.